The molecule has 0 saturated carbocycles. The lowest BCUT2D eigenvalue weighted by Gasteiger charge is -2.21. The van der Waals surface area contributed by atoms with Crippen molar-refractivity contribution in [2.45, 2.75) is 45.8 Å². The molecule has 0 unspecified atom stereocenters. The van der Waals surface area contributed by atoms with Crippen LogP contribution in [0.3, 0.4) is 0 Å². The maximum atomic E-state index is 10.1. The number of ether oxygens (including phenoxy) is 1. The van der Waals surface area contributed by atoms with Crippen LogP contribution in [0.25, 0.3) is 10.9 Å². The topological polar surface area (TPSA) is 34.4 Å². The summed E-state index contributed by atoms with van der Waals surface area (Å²) in [6.45, 7) is 8.00. The third-order valence-electron chi connectivity index (χ3n) is 3.27. The molecule has 0 bridgehead atoms. The van der Waals surface area contributed by atoms with Crippen molar-refractivity contribution in [1.82, 2.24) is 4.57 Å². The van der Waals surface area contributed by atoms with Crippen LogP contribution in [0.2, 0.25) is 0 Å². The normalized spacial score (nSPS) is 12.4. The quantitative estimate of drug-likeness (QED) is 0.913. The summed E-state index contributed by atoms with van der Waals surface area (Å²) in [5.74, 6) is 0.883. The molecule has 0 aliphatic rings. The lowest BCUT2D eigenvalue weighted by atomic mass is 10.0. The van der Waals surface area contributed by atoms with Crippen molar-refractivity contribution in [2.24, 2.45) is 0 Å². The van der Waals surface area contributed by atoms with Gasteiger partial charge in [-0.05, 0) is 45.9 Å². The molecule has 2 rings (SSSR count). The van der Waals surface area contributed by atoms with Crippen molar-refractivity contribution in [3.05, 3.63) is 30.0 Å². The van der Waals surface area contributed by atoms with Crippen molar-refractivity contribution in [3.8, 4) is 5.75 Å². The van der Waals surface area contributed by atoms with Crippen molar-refractivity contribution >= 4 is 10.9 Å². The van der Waals surface area contributed by atoms with E-state index in [0.717, 1.165) is 22.3 Å². The molecule has 1 heterocycles. The second kappa shape index (κ2) is 4.89. The second-order valence-corrected chi connectivity index (χ2v) is 5.98. The molecule has 3 nitrogen and oxygen atoms in total. The van der Waals surface area contributed by atoms with E-state index in [2.05, 4.69) is 30.5 Å². The van der Waals surface area contributed by atoms with Gasteiger partial charge in [0.1, 0.15) is 5.75 Å². The molecule has 1 aromatic heterocycles. The van der Waals surface area contributed by atoms with Gasteiger partial charge in [0.25, 0.3) is 0 Å². The molecule has 1 N–H and O–H groups in total. The molecular formula is C16H23NO2. The first kappa shape index (κ1) is 13.9. The third kappa shape index (κ3) is 2.76. The van der Waals surface area contributed by atoms with Crippen LogP contribution < -0.4 is 4.74 Å². The van der Waals surface area contributed by atoms with Crippen LogP contribution in [0, 0.1) is 0 Å². The Kier molecular flexibility index (Phi) is 3.59. The number of benzene rings is 1. The number of fused-ring (bicyclic) bond motifs is 1. The molecular weight excluding hydrogens is 238 g/mol. The fourth-order valence-electron chi connectivity index (χ4n) is 2.65. The molecule has 0 aliphatic carbocycles. The zero-order valence-corrected chi connectivity index (χ0v) is 12.4. The van der Waals surface area contributed by atoms with Gasteiger partial charge in [-0.25, -0.2) is 0 Å². The van der Waals surface area contributed by atoms with E-state index in [1.807, 2.05) is 26.0 Å². The van der Waals surface area contributed by atoms with E-state index in [-0.39, 0.29) is 0 Å². The number of rotatable bonds is 4. The summed E-state index contributed by atoms with van der Waals surface area (Å²) in [5, 5.41) is 11.2. The highest BCUT2D eigenvalue weighted by molar-refractivity contribution is 5.87. The molecule has 2 aromatic rings. The van der Waals surface area contributed by atoms with Gasteiger partial charge in [0.05, 0.1) is 18.2 Å². The first-order chi connectivity index (χ1) is 8.83. The molecule has 3 heteroatoms. The summed E-state index contributed by atoms with van der Waals surface area (Å²) in [5.41, 5.74) is 1.59. The molecule has 1 aromatic carbocycles. The van der Waals surface area contributed by atoms with Gasteiger partial charge < -0.3 is 14.4 Å². The first-order valence-electron chi connectivity index (χ1n) is 6.72. The molecule has 104 valence electrons. The van der Waals surface area contributed by atoms with Gasteiger partial charge in [0, 0.05) is 23.5 Å². The second-order valence-electron chi connectivity index (χ2n) is 5.98. The van der Waals surface area contributed by atoms with Gasteiger partial charge in [-0.3, -0.25) is 0 Å². The van der Waals surface area contributed by atoms with E-state index in [1.165, 1.54) is 0 Å². The number of methoxy groups -OCH3 is 1. The van der Waals surface area contributed by atoms with Crippen molar-refractivity contribution < 1.29 is 9.84 Å². The molecule has 0 aliphatic heterocycles. The fourth-order valence-corrected chi connectivity index (χ4v) is 2.65. The van der Waals surface area contributed by atoms with Gasteiger partial charge in [0.15, 0.2) is 0 Å². The van der Waals surface area contributed by atoms with Gasteiger partial charge in [0.2, 0.25) is 0 Å². The highest BCUT2D eigenvalue weighted by atomic mass is 16.5. The molecule has 0 amide bonds. The Morgan fingerprint density at radius 3 is 2.53 bits per heavy atom. The van der Waals surface area contributed by atoms with Crippen LogP contribution in [0.1, 0.15) is 39.4 Å². The Hall–Kier alpha value is -1.48. The lowest BCUT2D eigenvalue weighted by Crippen LogP contribution is -2.24. The van der Waals surface area contributed by atoms with Crippen molar-refractivity contribution in [1.29, 1.82) is 0 Å². The van der Waals surface area contributed by atoms with E-state index < -0.39 is 5.60 Å². The van der Waals surface area contributed by atoms with Crippen LogP contribution in [-0.4, -0.2) is 22.4 Å². The minimum Gasteiger partial charge on any atom is -0.496 e. The van der Waals surface area contributed by atoms with Crippen LogP contribution >= 0.6 is 0 Å². The Morgan fingerprint density at radius 2 is 2.00 bits per heavy atom. The standard InChI is InChI=1S/C16H23NO2/c1-11(2)17-12(10-16(3,4)18)9-13-14(17)7-6-8-15(13)19-5/h6-9,11,18H,10H2,1-5H3. The van der Waals surface area contributed by atoms with Gasteiger partial charge in [-0.1, -0.05) is 6.07 Å². The minimum atomic E-state index is -0.714. The summed E-state index contributed by atoms with van der Waals surface area (Å²) in [4.78, 5) is 0. The molecule has 0 spiro atoms. The summed E-state index contributed by atoms with van der Waals surface area (Å²) < 4.78 is 7.70. The Balaban J connectivity index is 2.66. The fraction of sp³-hybridized carbons (Fsp3) is 0.500. The van der Waals surface area contributed by atoms with E-state index >= 15 is 0 Å². The number of aromatic nitrogens is 1. The van der Waals surface area contributed by atoms with Gasteiger partial charge in [-0.15, -0.1) is 0 Å². The summed E-state index contributed by atoms with van der Waals surface area (Å²) in [7, 11) is 1.69. The molecule has 0 atom stereocenters. The van der Waals surface area contributed by atoms with E-state index in [0.29, 0.717) is 12.5 Å². The number of hydrogen-bond donors (Lipinski definition) is 1. The number of aliphatic hydroxyl groups is 1. The zero-order chi connectivity index (χ0) is 14.2. The number of nitrogens with zero attached hydrogens (tertiary/aromatic N) is 1. The van der Waals surface area contributed by atoms with Crippen LogP contribution in [0.4, 0.5) is 0 Å². The largest absolute Gasteiger partial charge is 0.496 e. The maximum Gasteiger partial charge on any atom is 0.128 e. The summed E-state index contributed by atoms with van der Waals surface area (Å²) in [6.07, 6.45) is 0.628. The van der Waals surface area contributed by atoms with Crippen molar-refractivity contribution in [3.63, 3.8) is 0 Å². The van der Waals surface area contributed by atoms with Gasteiger partial charge in [-0.2, -0.15) is 0 Å². The maximum absolute atomic E-state index is 10.1. The Morgan fingerprint density at radius 1 is 1.32 bits per heavy atom. The van der Waals surface area contributed by atoms with Crippen LogP contribution in [0.15, 0.2) is 24.3 Å². The summed E-state index contributed by atoms with van der Waals surface area (Å²) in [6, 6.07) is 8.56. The number of hydrogen-bond acceptors (Lipinski definition) is 2. The van der Waals surface area contributed by atoms with Crippen molar-refractivity contribution in [2.75, 3.05) is 7.11 Å². The first-order valence-corrected chi connectivity index (χ1v) is 6.72. The zero-order valence-electron chi connectivity index (χ0n) is 12.4. The van der Waals surface area contributed by atoms with E-state index in [1.54, 1.807) is 7.11 Å². The molecule has 0 fully saturated rings. The third-order valence-corrected chi connectivity index (χ3v) is 3.27. The predicted molar refractivity (Wildman–Crippen MR) is 78.9 cm³/mol. The van der Waals surface area contributed by atoms with Gasteiger partial charge >= 0.3 is 0 Å². The highest BCUT2D eigenvalue weighted by Gasteiger charge is 2.20. The molecule has 0 radical (unpaired) electrons. The van der Waals surface area contributed by atoms with Crippen LogP contribution in [0.5, 0.6) is 5.75 Å². The smallest absolute Gasteiger partial charge is 0.128 e. The molecule has 0 saturated heterocycles. The average Bonchev–Trinajstić information content (AvgIpc) is 2.63. The summed E-state index contributed by atoms with van der Waals surface area (Å²) >= 11 is 0. The van der Waals surface area contributed by atoms with E-state index in [9.17, 15) is 5.11 Å². The predicted octanol–water partition coefficient (Wildman–Crippen LogP) is 3.54. The molecule has 19 heavy (non-hydrogen) atoms. The highest BCUT2D eigenvalue weighted by Crippen LogP contribution is 2.32. The Labute approximate surface area is 114 Å². The monoisotopic (exact) mass is 261 g/mol. The van der Waals surface area contributed by atoms with E-state index in [4.69, 9.17) is 4.74 Å². The average molecular weight is 261 g/mol. The Bertz CT molecular complexity index is 576. The lowest BCUT2D eigenvalue weighted by molar-refractivity contribution is 0.0789. The minimum absolute atomic E-state index is 0.349. The SMILES string of the molecule is COc1cccc2c1cc(CC(C)(C)O)n2C(C)C. The van der Waals surface area contributed by atoms with Crippen LogP contribution in [-0.2, 0) is 6.42 Å².